The van der Waals surface area contributed by atoms with Gasteiger partial charge in [0.2, 0.25) is 0 Å². The van der Waals surface area contributed by atoms with Gasteiger partial charge in [-0.05, 0) is 55.3 Å². The SMILES string of the molecule is CCOc1cc([C@H]2NC(=O)NC(C)=C2C(=O)OC)ccc1OC[C@H](O)N/N=C\c1ccc(O)c(OC)c1. The molecule has 2 aromatic carbocycles. The molecule has 2 atom stereocenters. The van der Waals surface area contributed by atoms with E-state index in [0.717, 1.165) is 0 Å². The fraction of sp³-hybridized carbons (Fsp3) is 0.320. The number of methoxy groups -OCH3 is 2. The van der Waals surface area contributed by atoms with Crippen molar-refractivity contribution in [3.8, 4) is 23.0 Å². The number of allylic oxidation sites excluding steroid dienone is 1. The van der Waals surface area contributed by atoms with Gasteiger partial charge < -0.3 is 39.8 Å². The molecule has 1 aliphatic heterocycles. The second-order valence-corrected chi connectivity index (χ2v) is 7.85. The number of rotatable bonds is 11. The number of aliphatic hydroxyl groups excluding tert-OH is 1. The minimum absolute atomic E-state index is 0.00683. The van der Waals surface area contributed by atoms with Crippen molar-refractivity contribution < 1.29 is 38.7 Å². The molecule has 0 saturated carbocycles. The molecule has 0 aromatic heterocycles. The third kappa shape index (κ3) is 6.82. The molecule has 5 N–H and O–H groups in total. The van der Waals surface area contributed by atoms with Gasteiger partial charge in [0.15, 0.2) is 29.2 Å². The lowest BCUT2D eigenvalue weighted by molar-refractivity contribution is -0.136. The normalized spacial score (nSPS) is 16.0. The molecule has 1 aliphatic rings. The molecule has 37 heavy (non-hydrogen) atoms. The molecule has 12 heteroatoms. The highest BCUT2D eigenvalue weighted by atomic mass is 16.5. The van der Waals surface area contributed by atoms with E-state index in [1.807, 2.05) is 0 Å². The van der Waals surface area contributed by atoms with Gasteiger partial charge in [-0.15, -0.1) is 0 Å². The molecule has 0 radical (unpaired) electrons. The molecule has 12 nitrogen and oxygen atoms in total. The van der Waals surface area contributed by atoms with E-state index in [9.17, 15) is 19.8 Å². The molecule has 0 saturated heterocycles. The first-order valence-corrected chi connectivity index (χ1v) is 11.4. The molecule has 0 spiro atoms. The van der Waals surface area contributed by atoms with Crippen LogP contribution < -0.4 is 30.3 Å². The lowest BCUT2D eigenvalue weighted by Gasteiger charge is -2.28. The van der Waals surface area contributed by atoms with Crippen LogP contribution in [-0.4, -0.2) is 62.1 Å². The Morgan fingerprint density at radius 1 is 1.16 bits per heavy atom. The minimum atomic E-state index is -1.15. The number of nitrogens with zero attached hydrogens (tertiary/aromatic N) is 1. The Balaban J connectivity index is 1.70. The van der Waals surface area contributed by atoms with E-state index < -0.39 is 24.3 Å². The number of phenols is 1. The number of aliphatic hydroxyl groups is 1. The average molecular weight is 515 g/mol. The summed E-state index contributed by atoms with van der Waals surface area (Å²) in [5.41, 5.74) is 4.43. The van der Waals surface area contributed by atoms with Gasteiger partial charge in [-0.3, -0.25) is 5.43 Å². The first-order chi connectivity index (χ1) is 17.8. The van der Waals surface area contributed by atoms with Crippen LogP contribution in [0.15, 0.2) is 52.8 Å². The van der Waals surface area contributed by atoms with Gasteiger partial charge >= 0.3 is 12.0 Å². The van der Waals surface area contributed by atoms with Crippen LogP contribution in [0.3, 0.4) is 0 Å². The summed E-state index contributed by atoms with van der Waals surface area (Å²) < 4.78 is 21.3. The third-order valence-electron chi connectivity index (χ3n) is 5.31. The minimum Gasteiger partial charge on any atom is -0.504 e. The second-order valence-electron chi connectivity index (χ2n) is 7.85. The Hall–Kier alpha value is -4.45. The summed E-state index contributed by atoms with van der Waals surface area (Å²) in [6, 6.07) is 8.45. The number of benzene rings is 2. The zero-order valence-electron chi connectivity index (χ0n) is 20.9. The van der Waals surface area contributed by atoms with Gasteiger partial charge in [0.05, 0.1) is 38.7 Å². The van der Waals surface area contributed by atoms with E-state index in [1.165, 1.54) is 26.5 Å². The van der Waals surface area contributed by atoms with Gasteiger partial charge in [0.25, 0.3) is 0 Å². The average Bonchev–Trinajstić information content (AvgIpc) is 2.88. The first-order valence-electron chi connectivity index (χ1n) is 11.4. The molecule has 3 rings (SSSR count). The molecule has 0 bridgehead atoms. The summed E-state index contributed by atoms with van der Waals surface area (Å²) in [7, 11) is 2.71. The van der Waals surface area contributed by atoms with E-state index in [4.69, 9.17) is 18.9 Å². The van der Waals surface area contributed by atoms with Crippen molar-refractivity contribution in [2.45, 2.75) is 26.1 Å². The van der Waals surface area contributed by atoms with Gasteiger partial charge in [-0.2, -0.15) is 5.10 Å². The van der Waals surface area contributed by atoms with E-state index in [2.05, 4.69) is 21.2 Å². The van der Waals surface area contributed by atoms with E-state index in [0.29, 0.717) is 40.7 Å². The van der Waals surface area contributed by atoms with Gasteiger partial charge in [-0.25, -0.2) is 9.59 Å². The van der Waals surface area contributed by atoms with Crippen molar-refractivity contribution in [2.75, 3.05) is 27.4 Å². The zero-order valence-corrected chi connectivity index (χ0v) is 20.9. The maximum Gasteiger partial charge on any atom is 0.337 e. The molecule has 198 valence electrons. The van der Waals surface area contributed by atoms with Crippen LogP contribution in [0, 0.1) is 0 Å². The Bertz CT molecular complexity index is 1200. The van der Waals surface area contributed by atoms with Crippen LogP contribution >= 0.6 is 0 Å². The number of urea groups is 1. The number of amides is 2. The molecule has 2 aromatic rings. The maximum absolute atomic E-state index is 12.4. The Morgan fingerprint density at radius 3 is 2.65 bits per heavy atom. The molecule has 1 heterocycles. The summed E-state index contributed by atoms with van der Waals surface area (Å²) in [5.74, 6) is 0.440. The van der Waals surface area contributed by atoms with Crippen LogP contribution in [0.4, 0.5) is 4.79 Å². The quantitative estimate of drug-likeness (QED) is 0.131. The highest BCUT2D eigenvalue weighted by Gasteiger charge is 2.32. The number of aromatic hydroxyl groups is 1. The summed E-state index contributed by atoms with van der Waals surface area (Å²) >= 11 is 0. The summed E-state index contributed by atoms with van der Waals surface area (Å²) in [5, 5.41) is 29.1. The topological polar surface area (TPSA) is 160 Å². The number of hydrogen-bond acceptors (Lipinski definition) is 10. The van der Waals surface area contributed by atoms with Crippen molar-refractivity contribution >= 4 is 18.2 Å². The number of nitrogens with one attached hydrogen (secondary N) is 3. The van der Waals surface area contributed by atoms with Crippen molar-refractivity contribution in [2.24, 2.45) is 5.10 Å². The van der Waals surface area contributed by atoms with E-state index in [1.54, 1.807) is 44.2 Å². The second kappa shape index (κ2) is 12.5. The number of esters is 1. The summed E-state index contributed by atoms with van der Waals surface area (Å²) in [6.07, 6.45) is 0.303. The highest BCUT2D eigenvalue weighted by molar-refractivity contribution is 5.95. The Labute approximate surface area is 213 Å². The van der Waals surface area contributed by atoms with Gasteiger partial charge in [0.1, 0.15) is 6.61 Å². The Morgan fingerprint density at radius 2 is 1.95 bits per heavy atom. The fourth-order valence-corrected chi connectivity index (χ4v) is 3.59. The lowest BCUT2D eigenvalue weighted by atomic mass is 9.95. The number of phenolic OH excluding ortho intramolecular Hbond substituents is 1. The molecule has 2 amide bonds. The predicted molar refractivity (Wildman–Crippen MR) is 134 cm³/mol. The van der Waals surface area contributed by atoms with Crippen molar-refractivity contribution in [1.82, 2.24) is 16.1 Å². The number of hydrazone groups is 1. The van der Waals surface area contributed by atoms with Crippen molar-refractivity contribution in [3.63, 3.8) is 0 Å². The molecule has 0 aliphatic carbocycles. The van der Waals surface area contributed by atoms with Gasteiger partial charge in [-0.1, -0.05) is 6.07 Å². The molecular weight excluding hydrogens is 484 g/mol. The lowest BCUT2D eigenvalue weighted by Crippen LogP contribution is -2.45. The standard InChI is InChI=1S/C25H30N4O8/c1-5-36-20-11-16(23-22(24(32)35-4)14(2)27-25(33)28-23)7-9-18(20)37-13-21(31)29-26-12-15-6-8-17(30)19(10-15)34-3/h6-12,21,23,29-31H,5,13H2,1-4H3,(H2,27,28,33)/b26-12-/t21-,23+/m0/s1. The van der Waals surface area contributed by atoms with Crippen molar-refractivity contribution in [3.05, 3.63) is 58.8 Å². The molecule has 0 unspecified atom stereocenters. The van der Waals surface area contributed by atoms with E-state index in [-0.39, 0.29) is 17.9 Å². The molecular formula is C25H30N4O8. The highest BCUT2D eigenvalue weighted by Crippen LogP contribution is 2.35. The largest absolute Gasteiger partial charge is 0.504 e. The number of ether oxygens (including phenoxy) is 4. The fourth-order valence-electron chi connectivity index (χ4n) is 3.59. The monoisotopic (exact) mass is 514 g/mol. The number of carbonyl (C=O) groups is 2. The van der Waals surface area contributed by atoms with E-state index >= 15 is 0 Å². The van der Waals surface area contributed by atoms with Crippen LogP contribution in [0.5, 0.6) is 23.0 Å². The first kappa shape index (κ1) is 27.1. The number of hydrogen-bond donors (Lipinski definition) is 5. The van der Waals surface area contributed by atoms with Crippen LogP contribution in [-0.2, 0) is 9.53 Å². The van der Waals surface area contributed by atoms with Crippen molar-refractivity contribution in [1.29, 1.82) is 0 Å². The van der Waals surface area contributed by atoms with Crippen LogP contribution in [0.2, 0.25) is 0 Å². The number of carbonyl (C=O) groups excluding carboxylic acids is 2. The van der Waals surface area contributed by atoms with Crippen LogP contribution in [0.25, 0.3) is 0 Å². The predicted octanol–water partition coefficient (Wildman–Crippen LogP) is 1.92. The zero-order chi connectivity index (χ0) is 26.9. The summed E-state index contributed by atoms with van der Waals surface area (Å²) in [4.78, 5) is 24.4. The van der Waals surface area contributed by atoms with Crippen LogP contribution in [0.1, 0.15) is 31.0 Å². The van der Waals surface area contributed by atoms with Gasteiger partial charge in [0, 0.05) is 5.70 Å². The third-order valence-corrected chi connectivity index (χ3v) is 5.31. The maximum atomic E-state index is 12.4. The summed E-state index contributed by atoms with van der Waals surface area (Å²) in [6.45, 7) is 3.59. The smallest absolute Gasteiger partial charge is 0.337 e. The Kier molecular flexibility index (Phi) is 9.16. The molecule has 0 fully saturated rings.